The van der Waals surface area contributed by atoms with Crippen molar-refractivity contribution in [2.24, 2.45) is 5.73 Å². The maximum absolute atomic E-state index is 11.9. The molecule has 0 atom stereocenters. The summed E-state index contributed by atoms with van der Waals surface area (Å²) >= 11 is 0. The fraction of sp³-hybridized carbons (Fsp3) is 0.615. The topological polar surface area (TPSA) is 101 Å². The molecule has 19 heavy (non-hydrogen) atoms. The van der Waals surface area contributed by atoms with Crippen LogP contribution in [0.25, 0.3) is 0 Å². The third-order valence-corrected chi connectivity index (χ3v) is 3.73. The maximum Gasteiger partial charge on any atom is 0.243 e. The van der Waals surface area contributed by atoms with Gasteiger partial charge in [-0.1, -0.05) is 12.8 Å². The highest BCUT2D eigenvalue weighted by molar-refractivity contribution is 5.90. The Bertz CT molecular complexity index is 436. The van der Waals surface area contributed by atoms with E-state index in [9.17, 15) is 9.59 Å². The second-order valence-electron chi connectivity index (χ2n) is 5.16. The first kappa shape index (κ1) is 13.6. The molecular formula is C13H20N4O2. The number of primary amides is 1. The van der Waals surface area contributed by atoms with Crippen LogP contribution in [0.2, 0.25) is 0 Å². The first-order valence-corrected chi connectivity index (χ1v) is 6.71. The van der Waals surface area contributed by atoms with E-state index < -0.39 is 11.4 Å². The molecule has 0 bridgehead atoms. The van der Waals surface area contributed by atoms with Crippen molar-refractivity contribution in [3.05, 3.63) is 18.0 Å². The Labute approximate surface area is 112 Å². The fourth-order valence-electron chi connectivity index (χ4n) is 2.61. The molecule has 1 aliphatic rings. The number of hydrogen-bond donors (Lipinski definition) is 3. The lowest BCUT2D eigenvalue weighted by Crippen LogP contribution is -2.55. The van der Waals surface area contributed by atoms with Crippen LogP contribution in [0.4, 0.5) is 0 Å². The van der Waals surface area contributed by atoms with E-state index >= 15 is 0 Å². The number of aromatic amines is 1. The largest absolute Gasteiger partial charge is 0.368 e. The number of H-pyrrole nitrogens is 1. The van der Waals surface area contributed by atoms with Crippen LogP contribution in [0.1, 0.15) is 44.1 Å². The lowest BCUT2D eigenvalue weighted by Gasteiger charge is -2.26. The minimum atomic E-state index is -0.799. The molecule has 2 rings (SSSR count). The van der Waals surface area contributed by atoms with Gasteiger partial charge in [0.15, 0.2) is 0 Å². The van der Waals surface area contributed by atoms with E-state index in [1.165, 1.54) is 0 Å². The van der Waals surface area contributed by atoms with Gasteiger partial charge in [0.05, 0.1) is 6.20 Å². The number of aromatic nitrogens is 2. The Morgan fingerprint density at radius 1 is 1.42 bits per heavy atom. The van der Waals surface area contributed by atoms with E-state index in [2.05, 4.69) is 15.5 Å². The van der Waals surface area contributed by atoms with E-state index in [0.29, 0.717) is 19.3 Å². The number of nitrogens with zero attached hydrogens (tertiary/aromatic N) is 1. The number of rotatable bonds is 6. The molecular weight excluding hydrogens is 244 g/mol. The molecule has 0 spiro atoms. The van der Waals surface area contributed by atoms with Crippen molar-refractivity contribution in [1.29, 1.82) is 0 Å². The summed E-state index contributed by atoms with van der Waals surface area (Å²) in [4.78, 5) is 23.4. The van der Waals surface area contributed by atoms with Gasteiger partial charge in [0.2, 0.25) is 11.8 Å². The zero-order chi connectivity index (χ0) is 13.7. The molecule has 2 amide bonds. The number of carbonyl (C=O) groups excluding carboxylic acids is 2. The lowest BCUT2D eigenvalue weighted by molar-refractivity contribution is -0.131. The molecule has 0 radical (unpaired) electrons. The first-order chi connectivity index (χ1) is 9.12. The van der Waals surface area contributed by atoms with Gasteiger partial charge in [-0.15, -0.1) is 0 Å². The monoisotopic (exact) mass is 264 g/mol. The van der Waals surface area contributed by atoms with Gasteiger partial charge in [0.1, 0.15) is 5.54 Å². The van der Waals surface area contributed by atoms with Gasteiger partial charge in [-0.3, -0.25) is 14.7 Å². The fourth-order valence-corrected chi connectivity index (χ4v) is 2.61. The molecule has 1 aromatic heterocycles. The molecule has 1 fully saturated rings. The molecule has 6 heteroatoms. The van der Waals surface area contributed by atoms with Crippen LogP contribution in [-0.2, 0) is 16.0 Å². The standard InChI is InChI=1S/C13H20N4O2/c14-12(19)13(6-1-2-7-13)17-11(18)5-3-4-10-8-15-16-9-10/h8-9H,1-7H2,(H2,14,19)(H,15,16)(H,17,18). The zero-order valence-electron chi connectivity index (χ0n) is 10.9. The molecule has 0 aromatic carbocycles. The van der Waals surface area contributed by atoms with Crippen LogP contribution in [0.5, 0.6) is 0 Å². The highest BCUT2D eigenvalue weighted by atomic mass is 16.2. The summed E-state index contributed by atoms with van der Waals surface area (Å²) < 4.78 is 0. The summed E-state index contributed by atoms with van der Waals surface area (Å²) in [5, 5.41) is 9.42. The van der Waals surface area contributed by atoms with Crippen molar-refractivity contribution < 1.29 is 9.59 Å². The summed E-state index contributed by atoms with van der Waals surface area (Å²) in [7, 11) is 0. The van der Waals surface area contributed by atoms with Gasteiger partial charge in [0.25, 0.3) is 0 Å². The SMILES string of the molecule is NC(=O)C1(NC(=O)CCCc2cn[nH]c2)CCCC1. The summed E-state index contributed by atoms with van der Waals surface area (Å²) in [5.41, 5.74) is 5.70. The average Bonchev–Trinajstić information content (AvgIpc) is 3.00. The van der Waals surface area contributed by atoms with Crippen LogP contribution >= 0.6 is 0 Å². The molecule has 1 aliphatic carbocycles. The quantitative estimate of drug-likeness (QED) is 0.703. The first-order valence-electron chi connectivity index (χ1n) is 6.71. The third kappa shape index (κ3) is 3.33. The summed E-state index contributed by atoms with van der Waals surface area (Å²) in [6, 6.07) is 0. The normalized spacial score (nSPS) is 17.3. The van der Waals surface area contributed by atoms with Crippen LogP contribution in [-0.4, -0.2) is 27.6 Å². The van der Waals surface area contributed by atoms with Gasteiger partial charge < -0.3 is 11.1 Å². The molecule has 1 heterocycles. The predicted molar refractivity (Wildman–Crippen MR) is 70.1 cm³/mol. The summed E-state index contributed by atoms with van der Waals surface area (Å²) in [6.45, 7) is 0. The van der Waals surface area contributed by atoms with E-state index in [-0.39, 0.29) is 5.91 Å². The van der Waals surface area contributed by atoms with Crippen LogP contribution in [0.15, 0.2) is 12.4 Å². The number of aryl methyl sites for hydroxylation is 1. The van der Waals surface area contributed by atoms with E-state index in [1.54, 1.807) is 6.20 Å². The molecule has 104 valence electrons. The Morgan fingerprint density at radius 3 is 2.74 bits per heavy atom. The van der Waals surface area contributed by atoms with Gasteiger partial charge >= 0.3 is 0 Å². The van der Waals surface area contributed by atoms with E-state index in [0.717, 1.165) is 31.2 Å². The second-order valence-corrected chi connectivity index (χ2v) is 5.16. The molecule has 6 nitrogen and oxygen atoms in total. The van der Waals surface area contributed by atoms with Gasteiger partial charge in [0, 0.05) is 12.6 Å². The van der Waals surface area contributed by atoms with Crippen LogP contribution in [0, 0.1) is 0 Å². The molecule has 0 aliphatic heterocycles. The van der Waals surface area contributed by atoms with Crippen LogP contribution in [0.3, 0.4) is 0 Å². The minimum Gasteiger partial charge on any atom is -0.368 e. The molecule has 4 N–H and O–H groups in total. The van der Waals surface area contributed by atoms with Gasteiger partial charge in [-0.2, -0.15) is 5.10 Å². The molecule has 0 unspecified atom stereocenters. The van der Waals surface area contributed by atoms with Gasteiger partial charge in [-0.05, 0) is 31.2 Å². The molecule has 1 saturated carbocycles. The third-order valence-electron chi connectivity index (χ3n) is 3.73. The minimum absolute atomic E-state index is 0.0933. The Morgan fingerprint density at radius 2 is 2.16 bits per heavy atom. The number of nitrogens with one attached hydrogen (secondary N) is 2. The number of nitrogens with two attached hydrogens (primary N) is 1. The van der Waals surface area contributed by atoms with Crippen molar-refractivity contribution in [2.45, 2.75) is 50.5 Å². The maximum atomic E-state index is 11.9. The second kappa shape index (κ2) is 5.86. The number of carbonyl (C=O) groups is 2. The number of amides is 2. The van der Waals surface area contributed by atoms with Crippen molar-refractivity contribution in [3.63, 3.8) is 0 Å². The summed E-state index contributed by atoms with van der Waals surface area (Å²) in [5.74, 6) is -0.502. The van der Waals surface area contributed by atoms with Gasteiger partial charge in [-0.25, -0.2) is 0 Å². The molecule has 1 aromatic rings. The van der Waals surface area contributed by atoms with Crippen LogP contribution < -0.4 is 11.1 Å². The zero-order valence-corrected chi connectivity index (χ0v) is 10.9. The lowest BCUT2D eigenvalue weighted by atomic mass is 9.96. The van der Waals surface area contributed by atoms with E-state index in [1.807, 2.05) is 6.20 Å². The highest BCUT2D eigenvalue weighted by Gasteiger charge is 2.40. The van der Waals surface area contributed by atoms with Crippen molar-refractivity contribution in [1.82, 2.24) is 15.5 Å². The molecule has 0 saturated heterocycles. The average molecular weight is 264 g/mol. The smallest absolute Gasteiger partial charge is 0.243 e. The predicted octanol–water partition coefficient (Wildman–Crippen LogP) is 0.647. The Balaban J connectivity index is 1.78. The Kier molecular flexibility index (Phi) is 4.19. The van der Waals surface area contributed by atoms with Crippen molar-refractivity contribution in [3.8, 4) is 0 Å². The summed E-state index contributed by atoms with van der Waals surface area (Å²) in [6.07, 6.45) is 8.72. The van der Waals surface area contributed by atoms with Crippen molar-refractivity contribution in [2.75, 3.05) is 0 Å². The Hall–Kier alpha value is -1.85. The number of hydrogen-bond acceptors (Lipinski definition) is 3. The highest BCUT2D eigenvalue weighted by Crippen LogP contribution is 2.29. The van der Waals surface area contributed by atoms with Crippen molar-refractivity contribution >= 4 is 11.8 Å². The van der Waals surface area contributed by atoms with E-state index in [4.69, 9.17) is 5.73 Å².